The minimum Gasteiger partial charge on any atom is -0.307 e. The van der Waals surface area contributed by atoms with E-state index in [9.17, 15) is 0 Å². The summed E-state index contributed by atoms with van der Waals surface area (Å²) in [5.74, 6) is 1.15. The van der Waals surface area contributed by atoms with Crippen molar-refractivity contribution in [2.24, 2.45) is 0 Å². The van der Waals surface area contributed by atoms with Crippen LogP contribution >= 0.6 is 0 Å². The van der Waals surface area contributed by atoms with E-state index in [1.54, 1.807) is 0 Å². The van der Waals surface area contributed by atoms with E-state index in [-0.39, 0.29) is 0 Å². The monoisotopic (exact) mass is 254 g/mol. The van der Waals surface area contributed by atoms with Crippen molar-refractivity contribution >= 4 is 0 Å². The number of pyridine rings is 1. The van der Waals surface area contributed by atoms with E-state index < -0.39 is 0 Å². The smallest absolute Gasteiger partial charge is 0.178 e. The molecule has 19 heavy (non-hydrogen) atoms. The Morgan fingerprint density at radius 3 is 2.79 bits per heavy atom. The van der Waals surface area contributed by atoms with Gasteiger partial charge in [-0.25, -0.2) is 9.97 Å². The lowest BCUT2D eigenvalue weighted by molar-refractivity contribution is 0.746. The fraction of sp³-hybridized carbons (Fsp3) is 0.400. The minimum absolute atomic E-state index is 0.403. The van der Waals surface area contributed by atoms with Crippen molar-refractivity contribution in [3.05, 3.63) is 40.8 Å². The van der Waals surface area contributed by atoms with E-state index >= 15 is 0 Å². The second kappa shape index (κ2) is 4.70. The van der Waals surface area contributed by atoms with E-state index in [4.69, 9.17) is 4.98 Å². The van der Waals surface area contributed by atoms with Crippen molar-refractivity contribution in [1.82, 2.24) is 20.3 Å². The zero-order valence-corrected chi connectivity index (χ0v) is 11.6. The number of fused-ring (bicyclic) bond motifs is 1. The first-order valence-electron chi connectivity index (χ1n) is 6.68. The molecule has 3 rings (SSSR count). The predicted molar refractivity (Wildman–Crippen MR) is 74.6 cm³/mol. The Morgan fingerprint density at radius 2 is 2.05 bits per heavy atom. The van der Waals surface area contributed by atoms with Crippen molar-refractivity contribution in [3.63, 3.8) is 0 Å². The van der Waals surface area contributed by atoms with Crippen LogP contribution in [0.3, 0.4) is 0 Å². The summed E-state index contributed by atoms with van der Waals surface area (Å²) in [6.45, 7) is 8.12. The van der Waals surface area contributed by atoms with Crippen LogP contribution in [0.5, 0.6) is 0 Å². The van der Waals surface area contributed by atoms with Gasteiger partial charge in [-0.15, -0.1) is 0 Å². The van der Waals surface area contributed by atoms with Gasteiger partial charge in [0.1, 0.15) is 5.69 Å². The maximum absolute atomic E-state index is 4.74. The Labute approximate surface area is 113 Å². The van der Waals surface area contributed by atoms with Gasteiger partial charge in [-0.1, -0.05) is 13.8 Å². The number of aryl methyl sites for hydroxylation is 1. The van der Waals surface area contributed by atoms with Gasteiger partial charge in [0.25, 0.3) is 0 Å². The first-order chi connectivity index (χ1) is 9.15. The van der Waals surface area contributed by atoms with Gasteiger partial charge in [0.05, 0.1) is 11.4 Å². The molecule has 0 radical (unpaired) electrons. The van der Waals surface area contributed by atoms with Crippen LogP contribution in [0.2, 0.25) is 0 Å². The third-order valence-corrected chi connectivity index (χ3v) is 3.41. The van der Waals surface area contributed by atoms with Gasteiger partial charge in [0.15, 0.2) is 5.82 Å². The topological polar surface area (TPSA) is 50.7 Å². The molecular weight excluding hydrogens is 236 g/mol. The van der Waals surface area contributed by atoms with Crippen LogP contribution in [0.4, 0.5) is 0 Å². The van der Waals surface area contributed by atoms with Crippen LogP contribution in [0.15, 0.2) is 18.3 Å². The van der Waals surface area contributed by atoms with E-state index in [0.717, 1.165) is 36.0 Å². The molecule has 0 amide bonds. The molecule has 1 aliphatic heterocycles. The van der Waals surface area contributed by atoms with E-state index in [0.29, 0.717) is 5.92 Å². The molecule has 0 saturated heterocycles. The molecule has 0 fully saturated rings. The molecule has 4 heteroatoms. The standard InChI is InChI=1S/C15H18N4/c1-9(2)14-11-7-16-8-13(11)18-15(19-14)12-6-10(3)4-5-17-12/h4-6,9,16H,7-8H2,1-3H3. The summed E-state index contributed by atoms with van der Waals surface area (Å²) in [7, 11) is 0. The number of nitrogens with one attached hydrogen (secondary N) is 1. The summed E-state index contributed by atoms with van der Waals surface area (Å²) in [6.07, 6.45) is 1.81. The first-order valence-corrected chi connectivity index (χ1v) is 6.68. The second-order valence-electron chi connectivity index (χ2n) is 5.33. The highest BCUT2D eigenvalue weighted by Crippen LogP contribution is 2.26. The van der Waals surface area contributed by atoms with Gasteiger partial charge in [-0.3, -0.25) is 4.98 Å². The molecule has 0 aromatic carbocycles. The van der Waals surface area contributed by atoms with Gasteiger partial charge in [-0.05, 0) is 30.5 Å². The highest BCUT2D eigenvalue weighted by molar-refractivity contribution is 5.52. The van der Waals surface area contributed by atoms with Crippen LogP contribution in [-0.4, -0.2) is 15.0 Å². The quantitative estimate of drug-likeness (QED) is 0.895. The molecule has 1 aliphatic rings. The molecule has 0 unspecified atom stereocenters. The zero-order chi connectivity index (χ0) is 13.4. The fourth-order valence-electron chi connectivity index (χ4n) is 2.44. The lowest BCUT2D eigenvalue weighted by Crippen LogP contribution is -2.06. The van der Waals surface area contributed by atoms with Crippen LogP contribution in [0.1, 0.15) is 42.3 Å². The molecule has 2 aromatic rings. The Bertz CT molecular complexity index is 620. The molecule has 98 valence electrons. The van der Waals surface area contributed by atoms with Crippen molar-refractivity contribution in [3.8, 4) is 11.5 Å². The lowest BCUT2D eigenvalue weighted by Gasteiger charge is -2.12. The van der Waals surface area contributed by atoms with Crippen molar-refractivity contribution in [2.45, 2.75) is 39.8 Å². The fourth-order valence-corrected chi connectivity index (χ4v) is 2.44. The van der Waals surface area contributed by atoms with Crippen LogP contribution in [0, 0.1) is 6.92 Å². The van der Waals surface area contributed by atoms with E-state index in [2.05, 4.69) is 36.1 Å². The average molecular weight is 254 g/mol. The molecule has 0 spiro atoms. The highest BCUT2D eigenvalue weighted by Gasteiger charge is 2.21. The summed E-state index contributed by atoms with van der Waals surface area (Å²) in [4.78, 5) is 13.8. The second-order valence-corrected chi connectivity index (χ2v) is 5.33. The van der Waals surface area contributed by atoms with Gasteiger partial charge in [0, 0.05) is 24.8 Å². The predicted octanol–water partition coefficient (Wildman–Crippen LogP) is 2.57. The van der Waals surface area contributed by atoms with Gasteiger partial charge >= 0.3 is 0 Å². The molecule has 0 atom stereocenters. The van der Waals surface area contributed by atoms with E-state index in [1.807, 2.05) is 18.3 Å². The number of nitrogens with zero attached hydrogens (tertiary/aromatic N) is 3. The first kappa shape index (κ1) is 12.2. The Balaban J connectivity index is 2.15. The maximum atomic E-state index is 4.74. The molecule has 1 N–H and O–H groups in total. The molecule has 4 nitrogen and oxygen atoms in total. The van der Waals surface area contributed by atoms with Crippen molar-refractivity contribution in [1.29, 1.82) is 0 Å². The molecule has 3 heterocycles. The Kier molecular flexibility index (Phi) is 3.03. The molecule has 0 saturated carbocycles. The van der Waals surface area contributed by atoms with Crippen LogP contribution in [-0.2, 0) is 13.1 Å². The average Bonchev–Trinajstić information content (AvgIpc) is 2.85. The number of aromatic nitrogens is 3. The number of hydrogen-bond acceptors (Lipinski definition) is 4. The molecule has 0 bridgehead atoms. The van der Waals surface area contributed by atoms with E-state index in [1.165, 1.54) is 11.1 Å². The largest absolute Gasteiger partial charge is 0.307 e. The highest BCUT2D eigenvalue weighted by atomic mass is 15.0. The van der Waals surface area contributed by atoms with Gasteiger partial charge in [0.2, 0.25) is 0 Å². The SMILES string of the molecule is Cc1ccnc(-c2nc3c(c(C(C)C)n2)CNC3)c1. The Hall–Kier alpha value is -1.81. The molecule has 2 aromatic heterocycles. The van der Waals surface area contributed by atoms with Gasteiger partial charge < -0.3 is 5.32 Å². The zero-order valence-electron chi connectivity index (χ0n) is 11.6. The minimum atomic E-state index is 0.403. The van der Waals surface area contributed by atoms with Crippen LogP contribution < -0.4 is 5.32 Å². The number of rotatable bonds is 2. The lowest BCUT2D eigenvalue weighted by atomic mass is 10.0. The summed E-state index contributed by atoms with van der Waals surface area (Å²) >= 11 is 0. The Morgan fingerprint density at radius 1 is 1.21 bits per heavy atom. The summed E-state index contributed by atoms with van der Waals surface area (Å²) in [5.41, 5.74) is 5.58. The summed E-state index contributed by atoms with van der Waals surface area (Å²) in [6, 6.07) is 4.02. The third-order valence-electron chi connectivity index (χ3n) is 3.41. The normalized spacial score (nSPS) is 13.9. The summed E-state index contributed by atoms with van der Waals surface area (Å²) in [5, 5.41) is 3.35. The van der Waals surface area contributed by atoms with Crippen LogP contribution in [0.25, 0.3) is 11.5 Å². The third kappa shape index (κ3) is 2.24. The summed E-state index contributed by atoms with van der Waals surface area (Å²) < 4.78 is 0. The van der Waals surface area contributed by atoms with Crippen molar-refractivity contribution < 1.29 is 0 Å². The van der Waals surface area contributed by atoms with Crippen molar-refractivity contribution in [2.75, 3.05) is 0 Å². The molecular formula is C15H18N4. The van der Waals surface area contributed by atoms with Gasteiger partial charge in [-0.2, -0.15) is 0 Å². The maximum Gasteiger partial charge on any atom is 0.178 e. The molecule has 0 aliphatic carbocycles. The number of hydrogen-bond donors (Lipinski definition) is 1.